The zero-order valence-corrected chi connectivity index (χ0v) is 27.0. The molecule has 244 valence electrons. The van der Waals surface area contributed by atoms with Crippen molar-refractivity contribution in [3.05, 3.63) is 131 Å². The first-order chi connectivity index (χ1) is 23.6. The average Bonchev–Trinajstić information content (AvgIpc) is 3.85. The van der Waals surface area contributed by atoms with Crippen LogP contribution in [0.3, 0.4) is 0 Å². The van der Waals surface area contributed by atoms with Crippen molar-refractivity contribution in [2.75, 3.05) is 39.4 Å². The Balaban J connectivity index is 0.000000152. The zero-order valence-electron chi connectivity index (χ0n) is 26.3. The standard InChI is InChI=1S/C19H18ClN3O.C19H18FN3O/c2*20-16-7-5-14(6-8-16)18-11-17(22-23-18)13-1-3-15(4-2-13)19-12-21-9-10-24-19/h2*1-8,11,19,21H,9-10,12H2,(H,22,23). The molecular formula is C38H36ClFN6O2. The Bertz CT molecular complexity index is 1750. The summed E-state index contributed by atoms with van der Waals surface area (Å²) in [5, 5.41) is 22.3. The molecule has 2 saturated heterocycles. The second-order valence-electron chi connectivity index (χ2n) is 11.7. The molecule has 48 heavy (non-hydrogen) atoms. The molecule has 8 nitrogen and oxygen atoms in total. The molecule has 0 amide bonds. The van der Waals surface area contributed by atoms with E-state index in [1.54, 1.807) is 12.1 Å². The van der Waals surface area contributed by atoms with E-state index in [2.05, 4.69) is 85.6 Å². The fourth-order valence-corrected chi connectivity index (χ4v) is 5.92. The molecule has 4 heterocycles. The highest BCUT2D eigenvalue weighted by Crippen LogP contribution is 2.28. The average molecular weight is 663 g/mol. The number of nitrogens with zero attached hydrogens (tertiary/aromatic N) is 2. The Hall–Kier alpha value is -4.64. The predicted molar refractivity (Wildman–Crippen MR) is 187 cm³/mol. The summed E-state index contributed by atoms with van der Waals surface area (Å²) in [7, 11) is 0. The van der Waals surface area contributed by atoms with Crippen molar-refractivity contribution in [2.45, 2.75) is 12.2 Å². The van der Waals surface area contributed by atoms with Crippen molar-refractivity contribution >= 4 is 11.6 Å². The van der Waals surface area contributed by atoms with E-state index in [9.17, 15) is 4.39 Å². The van der Waals surface area contributed by atoms with Crippen molar-refractivity contribution in [3.8, 4) is 45.0 Å². The van der Waals surface area contributed by atoms with Crippen molar-refractivity contribution in [1.82, 2.24) is 31.0 Å². The van der Waals surface area contributed by atoms with E-state index in [0.717, 1.165) is 89.4 Å². The van der Waals surface area contributed by atoms with Gasteiger partial charge in [-0.15, -0.1) is 0 Å². The van der Waals surface area contributed by atoms with Gasteiger partial charge in [0.1, 0.15) is 5.82 Å². The van der Waals surface area contributed by atoms with E-state index in [0.29, 0.717) is 0 Å². The van der Waals surface area contributed by atoms with Crippen LogP contribution in [0.5, 0.6) is 0 Å². The predicted octanol–water partition coefficient (Wildman–Crippen LogP) is 7.60. The summed E-state index contributed by atoms with van der Waals surface area (Å²) in [6.07, 6.45) is 0.253. The maximum atomic E-state index is 13.0. The first kappa shape index (κ1) is 31.9. The van der Waals surface area contributed by atoms with Crippen molar-refractivity contribution < 1.29 is 13.9 Å². The lowest BCUT2D eigenvalue weighted by Gasteiger charge is -2.24. The maximum absolute atomic E-state index is 13.0. The minimum atomic E-state index is -0.246. The molecule has 2 aliphatic heterocycles. The summed E-state index contributed by atoms with van der Waals surface area (Å²) in [5.74, 6) is -0.246. The third kappa shape index (κ3) is 7.73. The van der Waals surface area contributed by atoms with Crippen molar-refractivity contribution in [1.29, 1.82) is 0 Å². The quantitative estimate of drug-likeness (QED) is 0.147. The normalized spacial score (nSPS) is 17.8. The number of morpholine rings is 2. The first-order valence-electron chi connectivity index (χ1n) is 16.1. The van der Waals surface area contributed by atoms with Gasteiger partial charge < -0.3 is 20.1 Å². The van der Waals surface area contributed by atoms with Crippen LogP contribution in [0.15, 0.2) is 109 Å². The number of aromatic nitrogens is 4. The minimum Gasteiger partial charge on any atom is -0.371 e. The van der Waals surface area contributed by atoms with Crippen LogP contribution in [0.1, 0.15) is 23.3 Å². The van der Waals surface area contributed by atoms with Gasteiger partial charge in [0.15, 0.2) is 0 Å². The van der Waals surface area contributed by atoms with Gasteiger partial charge in [-0.05, 0) is 70.8 Å². The van der Waals surface area contributed by atoms with E-state index in [1.807, 2.05) is 30.3 Å². The number of nitrogens with one attached hydrogen (secondary N) is 4. The third-order valence-electron chi connectivity index (χ3n) is 8.48. The largest absolute Gasteiger partial charge is 0.371 e. The molecule has 0 spiro atoms. The summed E-state index contributed by atoms with van der Waals surface area (Å²) in [4.78, 5) is 0. The molecule has 0 bridgehead atoms. The smallest absolute Gasteiger partial charge is 0.123 e. The van der Waals surface area contributed by atoms with Gasteiger partial charge in [0.2, 0.25) is 0 Å². The number of rotatable bonds is 6. The van der Waals surface area contributed by atoms with Crippen molar-refractivity contribution in [3.63, 3.8) is 0 Å². The van der Waals surface area contributed by atoms with E-state index in [1.165, 1.54) is 23.3 Å². The number of halogens is 2. The van der Waals surface area contributed by atoms with Crippen LogP contribution in [-0.4, -0.2) is 59.8 Å². The first-order valence-corrected chi connectivity index (χ1v) is 16.4. The van der Waals surface area contributed by atoms with Crippen LogP contribution < -0.4 is 10.6 Å². The molecule has 0 aliphatic carbocycles. The van der Waals surface area contributed by atoms with Crippen LogP contribution in [-0.2, 0) is 9.47 Å². The lowest BCUT2D eigenvalue weighted by Crippen LogP contribution is -2.33. The summed E-state index contributed by atoms with van der Waals surface area (Å²) in [6, 6.07) is 34.8. The highest BCUT2D eigenvalue weighted by molar-refractivity contribution is 6.30. The topological polar surface area (TPSA) is 99.9 Å². The minimum absolute atomic E-state index is 0.115. The summed E-state index contributed by atoms with van der Waals surface area (Å²) in [5.41, 5.74) is 10.1. The molecule has 2 unspecified atom stereocenters. The van der Waals surface area contributed by atoms with Crippen LogP contribution in [0, 0.1) is 5.82 Å². The van der Waals surface area contributed by atoms with E-state index < -0.39 is 0 Å². The van der Waals surface area contributed by atoms with Crippen LogP contribution in [0.4, 0.5) is 4.39 Å². The molecule has 0 saturated carbocycles. The van der Waals surface area contributed by atoms with Gasteiger partial charge in [0.25, 0.3) is 0 Å². The lowest BCUT2D eigenvalue weighted by molar-refractivity contribution is 0.0276. The van der Waals surface area contributed by atoms with Gasteiger partial charge in [-0.3, -0.25) is 10.2 Å². The number of ether oxygens (including phenoxy) is 2. The molecule has 4 N–H and O–H groups in total. The number of hydrogen-bond donors (Lipinski definition) is 4. The van der Waals surface area contributed by atoms with Crippen LogP contribution >= 0.6 is 11.6 Å². The van der Waals surface area contributed by atoms with Crippen molar-refractivity contribution in [2.24, 2.45) is 0 Å². The number of H-pyrrole nitrogens is 2. The molecule has 10 heteroatoms. The number of hydrogen-bond acceptors (Lipinski definition) is 6. The Kier molecular flexibility index (Phi) is 10.0. The second-order valence-corrected chi connectivity index (χ2v) is 12.2. The fraction of sp³-hybridized carbons (Fsp3) is 0.211. The summed E-state index contributed by atoms with van der Waals surface area (Å²) in [6.45, 7) is 5.05. The van der Waals surface area contributed by atoms with Gasteiger partial charge in [-0.25, -0.2) is 4.39 Å². The monoisotopic (exact) mass is 662 g/mol. The second kappa shape index (κ2) is 15.1. The lowest BCUT2D eigenvalue weighted by atomic mass is 10.0. The third-order valence-corrected chi connectivity index (χ3v) is 8.73. The highest BCUT2D eigenvalue weighted by Gasteiger charge is 2.17. The number of benzene rings is 4. The maximum Gasteiger partial charge on any atom is 0.123 e. The SMILES string of the molecule is Clc1ccc(-c2cc(-c3ccc(C4CNCCO4)cc3)[nH]n2)cc1.Fc1ccc(-c2cc(-c3ccc(C4CNCCO4)cc3)[nH]n2)cc1. The molecule has 4 aromatic carbocycles. The van der Waals surface area contributed by atoms with Gasteiger partial charge >= 0.3 is 0 Å². The molecule has 2 fully saturated rings. The van der Waals surface area contributed by atoms with E-state index in [-0.39, 0.29) is 18.0 Å². The van der Waals surface area contributed by atoms with Gasteiger partial charge in [0.05, 0.1) is 48.2 Å². The van der Waals surface area contributed by atoms with E-state index >= 15 is 0 Å². The van der Waals surface area contributed by atoms with Gasteiger partial charge in [-0.1, -0.05) is 72.3 Å². The summed E-state index contributed by atoms with van der Waals surface area (Å²) >= 11 is 5.94. The highest BCUT2D eigenvalue weighted by atomic mass is 35.5. The molecular weight excluding hydrogens is 627 g/mol. The fourth-order valence-electron chi connectivity index (χ4n) is 5.79. The molecule has 2 atom stereocenters. The molecule has 2 aromatic heterocycles. The van der Waals surface area contributed by atoms with E-state index in [4.69, 9.17) is 21.1 Å². The summed E-state index contributed by atoms with van der Waals surface area (Å²) < 4.78 is 24.6. The van der Waals surface area contributed by atoms with Crippen LogP contribution in [0.2, 0.25) is 5.02 Å². The zero-order chi connectivity index (χ0) is 32.7. The Morgan fingerprint density at radius 3 is 1.40 bits per heavy atom. The molecule has 2 aliphatic rings. The Morgan fingerprint density at radius 2 is 0.979 bits per heavy atom. The Morgan fingerprint density at radius 1 is 0.562 bits per heavy atom. The van der Waals surface area contributed by atoms with Crippen LogP contribution in [0.25, 0.3) is 45.0 Å². The molecule has 8 rings (SSSR count). The Labute approximate surface area is 283 Å². The van der Waals surface area contributed by atoms with Gasteiger partial charge in [0, 0.05) is 42.3 Å². The molecule has 6 aromatic rings. The molecule has 0 radical (unpaired) electrons. The number of aromatic amines is 2. The van der Waals surface area contributed by atoms with Gasteiger partial charge in [-0.2, -0.15) is 10.2 Å².